The largest absolute Gasteiger partial charge is 0.491 e. The van der Waals surface area contributed by atoms with Crippen molar-refractivity contribution in [1.29, 1.82) is 5.26 Å². The van der Waals surface area contributed by atoms with Gasteiger partial charge < -0.3 is 14.6 Å². The molecule has 1 aromatic rings. The molecule has 4 nitrogen and oxygen atoms in total. The SMILES string of the molecule is CNCC(=Cc1cc(C#N)ccc1C)B1OC(C)(C)C(C)(C)O1. The molecular weight excluding hydrogens is 287 g/mol. The maximum absolute atomic E-state index is 9.11. The highest BCUT2D eigenvalue weighted by atomic mass is 16.7. The fraction of sp³-hybridized carbons (Fsp3) is 0.500. The van der Waals surface area contributed by atoms with Gasteiger partial charge >= 0.3 is 7.12 Å². The molecule has 2 rings (SSSR count). The van der Waals surface area contributed by atoms with E-state index in [0.717, 1.165) is 16.6 Å². The van der Waals surface area contributed by atoms with Gasteiger partial charge in [0.05, 0.1) is 22.8 Å². The third-order valence-electron chi connectivity index (χ3n) is 4.69. The molecule has 0 atom stereocenters. The van der Waals surface area contributed by atoms with E-state index in [9.17, 15) is 0 Å². The predicted octanol–water partition coefficient (Wildman–Crippen LogP) is 3.10. The molecule has 0 amide bonds. The molecule has 1 saturated heterocycles. The van der Waals surface area contributed by atoms with Crippen molar-refractivity contribution in [3.8, 4) is 6.07 Å². The van der Waals surface area contributed by atoms with Crippen molar-refractivity contribution in [1.82, 2.24) is 5.32 Å². The highest BCUT2D eigenvalue weighted by molar-refractivity contribution is 6.55. The molecule has 1 fully saturated rings. The van der Waals surface area contributed by atoms with Crippen molar-refractivity contribution in [2.45, 2.75) is 45.8 Å². The number of aryl methyl sites for hydroxylation is 1. The van der Waals surface area contributed by atoms with Crippen LogP contribution in [0.15, 0.2) is 23.7 Å². The predicted molar refractivity (Wildman–Crippen MR) is 93.9 cm³/mol. The first-order chi connectivity index (χ1) is 10.7. The minimum Gasteiger partial charge on any atom is -0.400 e. The third kappa shape index (κ3) is 3.66. The number of nitriles is 1. The lowest BCUT2D eigenvalue weighted by Gasteiger charge is -2.32. The Balaban J connectivity index is 2.38. The second-order valence-electron chi connectivity index (χ2n) is 7.02. The van der Waals surface area contributed by atoms with Crippen LogP contribution in [0.2, 0.25) is 0 Å². The van der Waals surface area contributed by atoms with Gasteiger partial charge in [0, 0.05) is 6.54 Å². The molecule has 0 aliphatic carbocycles. The molecule has 1 aromatic carbocycles. The topological polar surface area (TPSA) is 54.3 Å². The Hall–Kier alpha value is -1.61. The monoisotopic (exact) mass is 312 g/mol. The number of benzene rings is 1. The summed E-state index contributed by atoms with van der Waals surface area (Å²) in [6.07, 6.45) is 2.06. The van der Waals surface area contributed by atoms with Gasteiger partial charge in [-0.3, -0.25) is 0 Å². The normalized spacial score (nSPS) is 19.7. The van der Waals surface area contributed by atoms with Crippen LogP contribution in [0.5, 0.6) is 0 Å². The van der Waals surface area contributed by atoms with Crippen LogP contribution in [0.25, 0.3) is 6.08 Å². The number of hydrogen-bond acceptors (Lipinski definition) is 4. The van der Waals surface area contributed by atoms with Gasteiger partial charge in [-0.05, 0) is 70.4 Å². The van der Waals surface area contributed by atoms with E-state index in [4.69, 9.17) is 14.6 Å². The fourth-order valence-corrected chi connectivity index (χ4v) is 2.47. The van der Waals surface area contributed by atoms with E-state index < -0.39 is 7.12 Å². The number of nitrogens with zero attached hydrogens (tertiary/aromatic N) is 1. The minimum absolute atomic E-state index is 0.367. The summed E-state index contributed by atoms with van der Waals surface area (Å²) >= 11 is 0. The Morgan fingerprint density at radius 3 is 2.39 bits per heavy atom. The number of nitrogens with one attached hydrogen (secondary N) is 1. The Bertz CT molecular complexity index is 643. The molecule has 23 heavy (non-hydrogen) atoms. The van der Waals surface area contributed by atoms with E-state index in [1.54, 1.807) is 0 Å². The van der Waals surface area contributed by atoms with E-state index in [-0.39, 0.29) is 11.2 Å². The van der Waals surface area contributed by atoms with E-state index in [1.807, 2.05) is 59.9 Å². The molecule has 1 N–H and O–H groups in total. The average Bonchev–Trinajstić information content (AvgIpc) is 2.69. The molecular formula is C18H25BN2O2. The van der Waals surface area contributed by atoms with Crippen LogP contribution in [-0.2, 0) is 9.31 Å². The van der Waals surface area contributed by atoms with Crippen LogP contribution in [0.3, 0.4) is 0 Å². The van der Waals surface area contributed by atoms with Gasteiger partial charge in [0.15, 0.2) is 0 Å². The van der Waals surface area contributed by atoms with Crippen LogP contribution in [-0.4, -0.2) is 31.9 Å². The Morgan fingerprint density at radius 2 is 1.87 bits per heavy atom. The van der Waals surface area contributed by atoms with Crippen molar-refractivity contribution in [3.63, 3.8) is 0 Å². The lowest BCUT2D eigenvalue weighted by molar-refractivity contribution is 0.00578. The van der Waals surface area contributed by atoms with Crippen molar-refractivity contribution in [3.05, 3.63) is 40.4 Å². The molecule has 1 aliphatic rings. The van der Waals surface area contributed by atoms with Gasteiger partial charge in [-0.15, -0.1) is 0 Å². The number of hydrogen-bond donors (Lipinski definition) is 1. The summed E-state index contributed by atoms with van der Waals surface area (Å²) in [5.41, 5.74) is 3.07. The van der Waals surface area contributed by atoms with E-state index >= 15 is 0 Å². The van der Waals surface area contributed by atoms with Gasteiger partial charge in [-0.1, -0.05) is 12.1 Å². The molecule has 0 radical (unpaired) electrons. The van der Waals surface area contributed by atoms with Gasteiger partial charge in [0.25, 0.3) is 0 Å². The van der Waals surface area contributed by atoms with Gasteiger partial charge in [0.2, 0.25) is 0 Å². The zero-order chi connectivity index (χ0) is 17.3. The van der Waals surface area contributed by atoms with Gasteiger partial charge in [-0.25, -0.2) is 0 Å². The summed E-state index contributed by atoms with van der Waals surface area (Å²) < 4.78 is 12.3. The maximum Gasteiger partial charge on any atom is 0.491 e. The van der Waals surface area contributed by atoms with Crippen LogP contribution < -0.4 is 5.32 Å². The lowest BCUT2D eigenvalue weighted by Crippen LogP contribution is -2.41. The standard InChI is InChI=1S/C18H25BN2O2/c1-13-7-8-14(11-20)9-15(13)10-16(12-21-6)19-22-17(2,3)18(4,5)23-19/h7-10,21H,12H2,1-6H3. The van der Waals surface area contributed by atoms with E-state index in [2.05, 4.69) is 17.5 Å². The van der Waals surface area contributed by atoms with Gasteiger partial charge in [-0.2, -0.15) is 5.26 Å². The highest BCUT2D eigenvalue weighted by Crippen LogP contribution is 2.38. The maximum atomic E-state index is 9.11. The minimum atomic E-state index is -0.391. The summed E-state index contributed by atoms with van der Waals surface area (Å²) in [5, 5.41) is 12.3. The molecule has 1 aliphatic heterocycles. The third-order valence-corrected chi connectivity index (χ3v) is 4.69. The molecule has 0 aromatic heterocycles. The molecule has 0 spiro atoms. The van der Waals surface area contributed by atoms with Crippen LogP contribution in [0.1, 0.15) is 44.4 Å². The molecule has 122 valence electrons. The van der Waals surface area contributed by atoms with Crippen molar-refractivity contribution in [2.75, 3.05) is 13.6 Å². The van der Waals surface area contributed by atoms with E-state index in [0.29, 0.717) is 12.1 Å². The first-order valence-corrected chi connectivity index (χ1v) is 7.91. The second-order valence-corrected chi connectivity index (χ2v) is 7.02. The van der Waals surface area contributed by atoms with Crippen molar-refractivity contribution >= 4 is 13.2 Å². The van der Waals surface area contributed by atoms with Crippen LogP contribution in [0.4, 0.5) is 0 Å². The number of likely N-dealkylation sites (N-methyl/N-ethyl adjacent to an activating group) is 1. The first-order valence-electron chi connectivity index (χ1n) is 7.91. The van der Waals surface area contributed by atoms with E-state index in [1.165, 1.54) is 0 Å². The molecule has 0 unspecified atom stereocenters. The van der Waals surface area contributed by atoms with Crippen molar-refractivity contribution in [2.24, 2.45) is 0 Å². The fourth-order valence-electron chi connectivity index (χ4n) is 2.47. The Morgan fingerprint density at radius 1 is 1.26 bits per heavy atom. The summed E-state index contributed by atoms with van der Waals surface area (Å²) in [7, 11) is 1.51. The first kappa shape index (κ1) is 17.7. The summed E-state index contributed by atoms with van der Waals surface area (Å²) in [5.74, 6) is 0. The Kier molecular flexibility index (Phi) is 5.00. The quantitative estimate of drug-likeness (QED) is 0.868. The summed E-state index contributed by atoms with van der Waals surface area (Å²) in [4.78, 5) is 0. The van der Waals surface area contributed by atoms with Crippen LogP contribution in [0, 0.1) is 18.3 Å². The molecule has 0 bridgehead atoms. The Labute approximate surface area is 139 Å². The number of rotatable bonds is 4. The van der Waals surface area contributed by atoms with Crippen LogP contribution >= 0.6 is 0 Å². The zero-order valence-corrected chi connectivity index (χ0v) is 14.9. The highest BCUT2D eigenvalue weighted by Gasteiger charge is 2.52. The molecule has 5 heteroatoms. The average molecular weight is 312 g/mol. The summed E-state index contributed by atoms with van der Waals surface area (Å²) in [6, 6.07) is 7.88. The molecule has 1 heterocycles. The lowest BCUT2D eigenvalue weighted by atomic mass is 9.76. The van der Waals surface area contributed by atoms with Crippen molar-refractivity contribution < 1.29 is 9.31 Å². The smallest absolute Gasteiger partial charge is 0.400 e. The van der Waals surface area contributed by atoms with Gasteiger partial charge in [0.1, 0.15) is 0 Å². The molecule has 0 saturated carbocycles. The zero-order valence-electron chi connectivity index (χ0n) is 14.9. The second kappa shape index (κ2) is 6.49. The summed E-state index contributed by atoms with van der Waals surface area (Å²) in [6.45, 7) is 10.9.